The molecule has 0 spiro atoms. The summed E-state index contributed by atoms with van der Waals surface area (Å²) in [6.45, 7) is 1.47. The van der Waals surface area contributed by atoms with Crippen molar-refractivity contribution in [2.45, 2.75) is 18.4 Å². The van der Waals surface area contributed by atoms with Gasteiger partial charge in [0.2, 0.25) is 15.8 Å². The summed E-state index contributed by atoms with van der Waals surface area (Å²) < 4.78 is 43.9. The highest BCUT2D eigenvalue weighted by Crippen LogP contribution is 2.39. The van der Waals surface area contributed by atoms with E-state index in [1.54, 1.807) is 12.1 Å². The van der Waals surface area contributed by atoms with E-state index in [9.17, 15) is 13.2 Å². The monoisotopic (exact) mass is 545 g/mol. The van der Waals surface area contributed by atoms with Gasteiger partial charge in [-0.3, -0.25) is 4.79 Å². The van der Waals surface area contributed by atoms with Crippen molar-refractivity contribution < 1.29 is 27.4 Å². The van der Waals surface area contributed by atoms with Crippen molar-refractivity contribution in [3.05, 3.63) is 82.4 Å². The number of aryl methyl sites for hydroxylation is 1. The number of halogens is 1. The molecule has 0 saturated carbocycles. The van der Waals surface area contributed by atoms with Crippen LogP contribution >= 0.6 is 11.6 Å². The fourth-order valence-electron chi connectivity index (χ4n) is 3.47. The first kappa shape index (κ1) is 28.0. The second-order valence-electron chi connectivity index (χ2n) is 7.93. The van der Waals surface area contributed by atoms with Crippen molar-refractivity contribution >= 4 is 33.7 Å². The number of hydrogen-bond acceptors (Lipinski definition) is 7. The van der Waals surface area contributed by atoms with Crippen LogP contribution in [0, 0.1) is 6.92 Å². The number of sulfonamides is 1. The van der Waals surface area contributed by atoms with Crippen molar-refractivity contribution in [1.82, 2.24) is 9.73 Å². The Morgan fingerprint density at radius 1 is 0.946 bits per heavy atom. The molecule has 37 heavy (non-hydrogen) atoms. The van der Waals surface area contributed by atoms with E-state index in [0.29, 0.717) is 27.8 Å². The maximum absolute atomic E-state index is 13.4. The number of nitrogens with one attached hydrogen (secondary N) is 1. The van der Waals surface area contributed by atoms with Crippen molar-refractivity contribution in [3.63, 3.8) is 0 Å². The van der Waals surface area contributed by atoms with Gasteiger partial charge in [-0.1, -0.05) is 41.4 Å². The zero-order chi connectivity index (χ0) is 27.0. The number of benzene rings is 3. The highest BCUT2D eigenvalue weighted by atomic mass is 35.5. The molecule has 3 aromatic rings. The topological polar surface area (TPSA) is 107 Å². The molecule has 0 aliphatic heterocycles. The number of nitrogens with zero attached hydrogens (tertiary/aromatic N) is 2. The smallest absolute Gasteiger partial charge is 0.255 e. The SMILES string of the molecule is COc1ccc(/C=N\NC(=O)CN(Cc2ccc(C)cc2)S(=O)(=O)c2ccc(Cl)cc2)c(OC)c1OC. The van der Waals surface area contributed by atoms with Gasteiger partial charge in [-0.2, -0.15) is 9.41 Å². The van der Waals surface area contributed by atoms with E-state index in [1.165, 1.54) is 51.8 Å². The molecule has 0 saturated heterocycles. The van der Waals surface area contributed by atoms with Gasteiger partial charge in [-0.05, 0) is 48.9 Å². The van der Waals surface area contributed by atoms with Crippen molar-refractivity contribution in [1.29, 1.82) is 0 Å². The molecule has 1 amide bonds. The van der Waals surface area contributed by atoms with Gasteiger partial charge in [0.05, 0.1) is 39.0 Å². The van der Waals surface area contributed by atoms with Crippen molar-refractivity contribution in [2.24, 2.45) is 5.10 Å². The third kappa shape index (κ3) is 7.00. The lowest BCUT2D eigenvalue weighted by Crippen LogP contribution is -2.39. The number of carbonyl (C=O) groups is 1. The number of hydrogen-bond donors (Lipinski definition) is 1. The van der Waals surface area contributed by atoms with Crippen LogP contribution in [-0.2, 0) is 21.4 Å². The minimum Gasteiger partial charge on any atom is -0.493 e. The Morgan fingerprint density at radius 3 is 2.19 bits per heavy atom. The summed E-state index contributed by atoms with van der Waals surface area (Å²) >= 11 is 5.92. The summed E-state index contributed by atoms with van der Waals surface area (Å²) in [4.78, 5) is 12.8. The normalized spacial score (nSPS) is 11.5. The number of hydrazone groups is 1. The van der Waals surface area contributed by atoms with Crippen LogP contribution in [0.4, 0.5) is 0 Å². The molecule has 0 fully saturated rings. The first-order chi connectivity index (χ1) is 17.7. The fourth-order valence-corrected chi connectivity index (χ4v) is 4.98. The van der Waals surface area contributed by atoms with Crippen LogP contribution in [0.15, 0.2) is 70.7 Å². The van der Waals surface area contributed by atoms with E-state index in [4.69, 9.17) is 25.8 Å². The lowest BCUT2D eigenvalue weighted by molar-refractivity contribution is -0.121. The molecule has 1 N–H and O–H groups in total. The molecule has 9 nitrogen and oxygen atoms in total. The Balaban J connectivity index is 1.82. The molecule has 0 bridgehead atoms. The van der Waals surface area contributed by atoms with Gasteiger partial charge < -0.3 is 14.2 Å². The molecule has 3 rings (SSSR count). The molecule has 196 valence electrons. The molecule has 0 atom stereocenters. The maximum Gasteiger partial charge on any atom is 0.255 e. The Morgan fingerprint density at radius 2 is 1.59 bits per heavy atom. The molecule has 0 radical (unpaired) electrons. The van der Waals surface area contributed by atoms with Crippen LogP contribution < -0.4 is 19.6 Å². The number of methoxy groups -OCH3 is 3. The molecule has 0 aromatic heterocycles. The van der Waals surface area contributed by atoms with Crippen LogP contribution in [0.3, 0.4) is 0 Å². The van der Waals surface area contributed by atoms with Crippen LogP contribution in [0.2, 0.25) is 5.02 Å². The van der Waals surface area contributed by atoms with E-state index in [0.717, 1.165) is 15.4 Å². The molecule has 0 unspecified atom stereocenters. The number of carbonyl (C=O) groups excluding carboxylic acids is 1. The first-order valence-corrected chi connectivity index (χ1v) is 12.9. The summed E-state index contributed by atoms with van der Waals surface area (Å²) in [5.41, 5.74) is 4.67. The van der Waals surface area contributed by atoms with E-state index >= 15 is 0 Å². The van der Waals surface area contributed by atoms with Gasteiger partial charge in [0.15, 0.2) is 11.5 Å². The third-order valence-corrected chi connectivity index (χ3v) is 7.44. The fraction of sp³-hybridized carbons (Fsp3) is 0.231. The molecule has 3 aromatic carbocycles. The molecule has 11 heteroatoms. The Hall–Kier alpha value is -3.60. The van der Waals surface area contributed by atoms with Gasteiger partial charge in [0.1, 0.15) is 0 Å². The van der Waals surface area contributed by atoms with Crippen LogP contribution in [0.1, 0.15) is 16.7 Å². The Kier molecular flexibility index (Phi) is 9.51. The van der Waals surface area contributed by atoms with Crippen molar-refractivity contribution in [2.75, 3.05) is 27.9 Å². The van der Waals surface area contributed by atoms with E-state index in [1.807, 2.05) is 31.2 Å². The molecule has 0 heterocycles. The Bertz CT molecular complexity index is 1360. The highest BCUT2D eigenvalue weighted by Gasteiger charge is 2.27. The second-order valence-corrected chi connectivity index (χ2v) is 10.3. The number of ether oxygens (including phenoxy) is 3. The lowest BCUT2D eigenvalue weighted by atomic mass is 10.1. The summed E-state index contributed by atoms with van der Waals surface area (Å²) in [6.07, 6.45) is 1.37. The van der Waals surface area contributed by atoms with Gasteiger partial charge in [-0.15, -0.1) is 0 Å². The van der Waals surface area contributed by atoms with Crippen LogP contribution in [0.25, 0.3) is 0 Å². The summed E-state index contributed by atoms with van der Waals surface area (Å²) in [5, 5.41) is 4.38. The van der Waals surface area contributed by atoms with Gasteiger partial charge in [0.25, 0.3) is 5.91 Å². The van der Waals surface area contributed by atoms with Crippen LogP contribution in [0.5, 0.6) is 17.2 Å². The molecular weight excluding hydrogens is 518 g/mol. The summed E-state index contributed by atoms with van der Waals surface area (Å²) in [5.74, 6) is 0.588. The Labute approximate surface area is 221 Å². The zero-order valence-corrected chi connectivity index (χ0v) is 22.5. The lowest BCUT2D eigenvalue weighted by Gasteiger charge is -2.21. The van der Waals surface area contributed by atoms with E-state index < -0.39 is 22.5 Å². The number of rotatable bonds is 11. The standard InChI is InChI=1S/C26H28ClN3O6S/c1-18-5-7-19(8-6-18)16-30(37(32,33)22-12-10-21(27)11-13-22)17-24(31)29-28-15-20-9-14-23(34-2)26(36-4)25(20)35-3/h5-15H,16-17H2,1-4H3,(H,29,31)/b28-15-. The molecule has 0 aliphatic carbocycles. The average molecular weight is 546 g/mol. The minimum absolute atomic E-state index is 0.00806. The molecular formula is C26H28ClN3O6S. The quantitative estimate of drug-likeness (QED) is 0.288. The summed E-state index contributed by atoms with van der Waals surface area (Å²) in [7, 11) is 0.440. The minimum atomic E-state index is -4.01. The first-order valence-electron chi connectivity index (χ1n) is 11.1. The van der Waals surface area contributed by atoms with Crippen LogP contribution in [-0.4, -0.2) is 52.7 Å². The highest BCUT2D eigenvalue weighted by molar-refractivity contribution is 7.89. The predicted molar refractivity (Wildman–Crippen MR) is 142 cm³/mol. The largest absolute Gasteiger partial charge is 0.493 e. The predicted octanol–water partition coefficient (Wildman–Crippen LogP) is 4.02. The maximum atomic E-state index is 13.4. The average Bonchev–Trinajstić information content (AvgIpc) is 2.89. The number of amides is 1. The third-order valence-electron chi connectivity index (χ3n) is 5.38. The molecule has 0 aliphatic rings. The van der Waals surface area contributed by atoms with Gasteiger partial charge in [-0.25, -0.2) is 13.8 Å². The van der Waals surface area contributed by atoms with Crippen molar-refractivity contribution in [3.8, 4) is 17.2 Å². The second kappa shape index (κ2) is 12.6. The van der Waals surface area contributed by atoms with E-state index in [2.05, 4.69) is 10.5 Å². The summed E-state index contributed by atoms with van der Waals surface area (Å²) in [6, 6.07) is 16.5. The van der Waals surface area contributed by atoms with Gasteiger partial charge in [0, 0.05) is 17.1 Å². The van der Waals surface area contributed by atoms with Gasteiger partial charge >= 0.3 is 0 Å². The van der Waals surface area contributed by atoms with E-state index in [-0.39, 0.29) is 11.4 Å². The zero-order valence-electron chi connectivity index (χ0n) is 20.9.